The van der Waals surface area contributed by atoms with Crippen molar-refractivity contribution in [2.24, 2.45) is 29.4 Å². The lowest BCUT2D eigenvalue weighted by molar-refractivity contribution is 0.00135. The van der Waals surface area contributed by atoms with E-state index in [4.69, 9.17) is 11.1 Å². The fourth-order valence-corrected chi connectivity index (χ4v) is 7.21. The quantitative estimate of drug-likeness (QED) is 0.623. The maximum absolute atomic E-state index is 8.47. The van der Waals surface area contributed by atoms with Gasteiger partial charge < -0.3 is 10.6 Å². The molecule has 0 unspecified atom stereocenters. The lowest BCUT2D eigenvalue weighted by Crippen LogP contribution is -2.59. The molecule has 4 bridgehead atoms. The highest BCUT2D eigenvalue weighted by Gasteiger charge is 2.51. The van der Waals surface area contributed by atoms with Crippen LogP contribution in [0.1, 0.15) is 43.2 Å². The van der Waals surface area contributed by atoms with Crippen LogP contribution in [0.3, 0.4) is 0 Å². The highest BCUT2D eigenvalue weighted by molar-refractivity contribution is 6.06. The molecule has 3 nitrogen and oxygen atoms in total. The van der Waals surface area contributed by atoms with Gasteiger partial charge in [0, 0.05) is 11.4 Å². The molecule has 0 aliphatic heterocycles. The van der Waals surface area contributed by atoms with Crippen molar-refractivity contribution in [3.63, 3.8) is 0 Å². The molecule has 3 heteroatoms. The van der Waals surface area contributed by atoms with Crippen LogP contribution in [0.15, 0.2) is 30.3 Å². The molecule has 7 rings (SSSR count). The van der Waals surface area contributed by atoms with Crippen LogP contribution in [0.5, 0.6) is 0 Å². The van der Waals surface area contributed by atoms with Gasteiger partial charge in [-0.25, -0.2) is 0 Å². The van der Waals surface area contributed by atoms with Crippen molar-refractivity contribution in [2.45, 2.75) is 51.0 Å². The fourth-order valence-electron chi connectivity index (χ4n) is 7.21. The topological polar surface area (TPSA) is 53.1 Å². The van der Waals surface area contributed by atoms with Gasteiger partial charge in [0.1, 0.15) is 0 Å². The molecule has 0 heterocycles. The van der Waals surface area contributed by atoms with Crippen LogP contribution in [-0.4, -0.2) is 12.0 Å². The fraction of sp³-hybridized carbons (Fsp3) is 0.522. The Morgan fingerprint density at radius 2 is 1.54 bits per heavy atom. The third-order valence-corrected chi connectivity index (χ3v) is 7.85. The van der Waals surface area contributed by atoms with E-state index in [1.165, 1.54) is 59.7 Å². The standard InChI is InChI=1S/C23H27N3/c24-23(25)26(22-17-9-13-8-14(11-17)12-18(22)10-13)20-7-6-16-5-4-15-2-1-3-19(20)21(15)16/h1-3,6-7,13-14,17-18,22H,4-5,8-12H2,(H3,24,25). The van der Waals surface area contributed by atoms with Crippen LogP contribution in [0.25, 0.3) is 10.8 Å². The minimum absolute atomic E-state index is 0.237. The molecule has 5 aliphatic rings. The number of benzene rings is 2. The maximum atomic E-state index is 8.47. The normalized spacial score (nSPS) is 33.8. The lowest BCUT2D eigenvalue weighted by Gasteiger charge is -2.57. The van der Waals surface area contributed by atoms with Crippen molar-refractivity contribution < 1.29 is 0 Å². The largest absolute Gasteiger partial charge is 0.370 e. The zero-order chi connectivity index (χ0) is 17.4. The molecular weight excluding hydrogens is 318 g/mol. The van der Waals surface area contributed by atoms with Crippen LogP contribution in [0, 0.1) is 29.1 Å². The molecule has 4 saturated carbocycles. The Balaban J connectivity index is 1.50. The first-order valence-corrected chi connectivity index (χ1v) is 10.4. The Bertz CT molecular complexity index is 877. The van der Waals surface area contributed by atoms with Crippen molar-refractivity contribution in [3.8, 4) is 0 Å². The Morgan fingerprint density at radius 1 is 0.885 bits per heavy atom. The smallest absolute Gasteiger partial charge is 0.193 e. The summed E-state index contributed by atoms with van der Waals surface area (Å²) >= 11 is 0. The number of nitrogens with two attached hydrogens (primary N) is 1. The molecule has 134 valence electrons. The molecule has 0 aromatic heterocycles. The minimum Gasteiger partial charge on any atom is -0.370 e. The maximum Gasteiger partial charge on any atom is 0.193 e. The van der Waals surface area contributed by atoms with Gasteiger partial charge in [-0.3, -0.25) is 5.41 Å². The number of nitrogens with one attached hydrogen (secondary N) is 1. The molecule has 3 N–H and O–H groups in total. The van der Waals surface area contributed by atoms with Gasteiger partial charge in [0.05, 0.1) is 5.69 Å². The van der Waals surface area contributed by atoms with Crippen LogP contribution < -0.4 is 10.6 Å². The summed E-state index contributed by atoms with van der Waals surface area (Å²) in [4.78, 5) is 2.23. The Morgan fingerprint density at radius 3 is 2.19 bits per heavy atom. The molecule has 26 heavy (non-hydrogen) atoms. The summed E-state index contributed by atoms with van der Waals surface area (Å²) in [5.41, 5.74) is 10.4. The summed E-state index contributed by atoms with van der Waals surface area (Å²) in [6.45, 7) is 0. The zero-order valence-corrected chi connectivity index (χ0v) is 15.2. The Kier molecular flexibility index (Phi) is 3.04. The van der Waals surface area contributed by atoms with Crippen LogP contribution in [0.4, 0.5) is 5.69 Å². The number of hydrogen-bond acceptors (Lipinski definition) is 1. The van der Waals surface area contributed by atoms with Gasteiger partial charge in [-0.2, -0.15) is 0 Å². The van der Waals surface area contributed by atoms with Gasteiger partial charge in [-0.05, 0) is 91.2 Å². The summed E-state index contributed by atoms with van der Waals surface area (Å²) in [6, 6.07) is 11.7. The zero-order valence-electron chi connectivity index (χ0n) is 15.2. The van der Waals surface area contributed by atoms with Crippen LogP contribution >= 0.6 is 0 Å². The predicted molar refractivity (Wildman–Crippen MR) is 107 cm³/mol. The van der Waals surface area contributed by atoms with Gasteiger partial charge >= 0.3 is 0 Å². The molecule has 2 aromatic rings. The van der Waals surface area contributed by atoms with Crippen molar-refractivity contribution in [1.82, 2.24) is 0 Å². The number of rotatable bonds is 2. The monoisotopic (exact) mass is 345 g/mol. The minimum atomic E-state index is 0.237. The van der Waals surface area contributed by atoms with E-state index in [0.717, 1.165) is 36.5 Å². The highest BCUT2D eigenvalue weighted by atomic mass is 15.3. The van der Waals surface area contributed by atoms with Gasteiger partial charge in [-0.1, -0.05) is 24.3 Å². The lowest BCUT2D eigenvalue weighted by atomic mass is 9.54. The molecular formula is C23H27N3. The SMILES string of the molecule is N=C(N)N(c1ccc2c3c(cccc13)CC2)C1C2CC3CC(C2)CC1C3. The first-order valence-electron chi connectivity index (χ1n) is 10.4. The van der Waals surface area contributed by atoms with Crippen molar-refractivity contribution in [2.75, 3.05) is 4.90 Å². The molecule has 5 aliphatic carbocycles. The highest BCUT2D eigenvalue weighted by Crippen LogP contribution is 2.56. The van der Waals surface area contributed by atoms with E-state index in [1.807, 2.05) is 0 Å². The Labute approximate surface area is 155 Å². The summed E-state index contributed by atoms with van der Waals surface area (Å²) in [7, 11) is 0. The third kappa shape index (κ3) is 1.97. The van der Waals surface area contributed by atoms with Crippen molar-refractivity contribution in [3.05, 3.63) is 41.5 Å². The first-order chi connectivity index (χ1) is 12.7. The van der Waals surface area contributed by atoms with E-state index in [9.17, 15) is 0 Å². The summed E-state index contributed by atoms with van der Waals surface area (Å²) in [5.74, 6) is 3.56. The van der Waals surface area contributed by atoms with Crippen molar-refractivity contribution in [1.29, 1.82) is 5.41 Å². The molecule has 0 saturated heterocycles. The summed E-state index contributed by atoms with van der Waals surface area (Å²) in [6.07, 6.45) is 9.15. The second kappa shape index (κ2) is 5.25. The van der Waals surface area contributed by atoms with Crippen molar-refractivity contribution >= 4 is 22.4 Å². The average Bonchev–Trinajstić information content (AvgIpc) is 3.03. The molecule has 0 spiro atoms. The van der Waals surface area contributed by atoms with Gasteiger partial charge in [0.2, 0.25) is 0 Å². The number of nitrogens with zero attached hydrogens (tertiary/aromatic N) is 1. The summed E-state index contributed by atoms with van der Waals surface area (Å²) in [5, 5.41) is 11.2. The first kappa shape index (κ1) is 15.1. The van der Waals surface area contributed by atoms with E-state index < -0.39 is 0 Å². The third-order valence-electron chi connectivity index (χ3n) is 7.85. The van der Waals surface area contributed by atoms with E-state index in [1.54, 1.807) is 0 Å². The predicted octanol–water partition coefficient (Wildman–Crippen LogP) is 4.46. The van der Waals surface area contributed by atoms with Crippen LogP contribution in [-0.2, 0) is 12.8 Å². The van der Waals surface area contributed by atoms with E-state index in [2.05, 4.69) is 35.2 Å². The summed E-state index contributed by atoms with van der Waals surface area (Å²) < 4.78 is 0. The number of guanidine groups is 1. The molecule has 0 amide bonds. The van der Waals surface area contributed by atoms with E-state index in [0.29, 0.717) is 6.04 Å². The average molecular weight is 345 g/mol. The van der Waals surface area contributed by atoms with Gasteiger partial charge in [-0.15, -0.1) is 0 Å². The number of aryl methyl sites for hydroxylation is 2. The molecule has 4 fully saturated rings. The van der Waals surface area contributed by atoms with Crippen LogP contribution in [0.2, 0.25) is 0 Å². The van der Waals surface area contributed by atoms with Gasteiger partial charge in [0.25, 0.3) is 0 Å². The number of hydrogen-bond donors (Lipinski definition) is 2. The number of anilines is 1. The Hall–Kier alpha value is -2.03. The second-order valence-corrected chi connectivity index (χ2v) is 9.26. The van der Waals surface area contributed by atoms with E-state index >= 15 is 0 Å². The molecule has 0 radical (unpaired) electrons. The molecule has 2 aromatic carbocycles. The van der Waals surface area contributed by atoms with Gasteiger partial charge in [0.15, 0.2) is 5.96 Å². The molecule has 0 atom stereocenters. The second-order valence-electron chi connectivity index (χ2n) is 9.26. The van der Waals surface area contributed by atoms with E-state index in [-0.39, 0.29) is 5.96 Å².